The number of hydrogen-bond donors (Lipinski definition) is 1. The number of nitrogens with one attached hydrogen (secondary N) is 1. The van der Waals surface area contributed by atoms with Gasteiger partial charge in [-0.1, -0.05) is 12.1 Å². The normalized spacial score (nSPS) is 10.8. The van der Waals surface area contributed by atoms with Gasteiger partial charge < -0.3 is 24.3 Å². The first-order valence-corrected chi connectivity index (χ1v) is 12.9. The summed E-state index contributed by atoms with van der Waals surface area (Å²) in [4.78, 5) is 17.6. The van der Waals surface area contributed by atoms with Gasteiger partial charge in [-0.2, -0.15) is 5.10 Å². The molecule has 0 aliphatic rings. The first-order chi connectivity index (χ1) is 20.3. The maximum Gasteiger partial charge on any atom is 0.280 e. The minimum Gasteiger partial charge on any atom is -0.493 e. The monoisotopic (exact) mass is 572 g/mol. The van der Waals surface area contributed by atoms with E-state index in [0.29, 0.717) is 45.0 Å². The van der Waals surface area contributed by atoms with E-state index in [1.165, 1.54) is 44.7 Å². The molecule has 5 rings (SSSR count). The second-order valence-electron chi connectivity index (χ2n) is 9.01. The number of rotatable bonds is 9. The summed E-state index contributed by atoms with van der Waals surface area (Å²) in [5, 5.41) is 11.4. The highest BCUT2D eigenvalue weighted by molar-refractivity contribution is 6.06. The SMILES string of the molecule is CCOc1c(C(=O)Nc2ccc(Oc3ccnc4cc(OC)c(OC)cc34)c(F)c2)nnc(C)c1-c1ccc(F)cc1. The molecule has 214 valence electrons. The topological polar surface area (TPSA) is 105 Å². The van der Waals surface area contributed by atoms with Crippen LogP contribution in [0.4, 0.5) is 14.5 Å². The predicted octanol–water partition coefficient (Wildman–Crippen LogP) is 6.74. The molecule has 0 radical (unpaired) electrons. The number of halogens is 2. The van der Waals surface area contributed by atoms with E-state index in [1.54, 1.807) is 44.2 Å². The lowest BCUT2D eigenvalue weighted by atomic mass is 10.0. The molecular weight excluding hydrogens is 546 g/mol. The van der Waals surface area contributed by atoms with Crippen LogP contribution in [0.15, 0.2) is 66.9 Å². The number of carbonyl (C=O) groups excluding carboxylic acids is 1. The van der Waals surface area contributed by atoms with Gasteiger partial charge in [0.1, 0.15) is 11.6 Å². The number of methoxy groups -OCH3 is 2. The Kier molecular flexibility index (Phi) is 8.09. The van der Waals surface area contributed by atoms with Crippen LogP contribution < -0.4 is 24.3 Å². The molecule has 2 heterocycles. The molecule has 0 atom stereocenters. The van der Waals surface area contributed by atoms with Crippen molar-refractivity contribution in [2.75, 3.05) is 26.1 Å². The van der Waals surface area contributed by atoms with Crippen LogP contribution >= 0.6 is 0 Å². The van der Waals surface area contributed by atoms with Crippen molar-refractivity contribution in [1.29, 1.82) is 0 Å². The minimum absolute atomic E-state index is 0.0704. The van der Waals surface area contributed by atoms with Crippen LogP contribution in [0.2, 0.25) is 0 Å². The molecule has 5 aromatic rings. The van der Waals surface area contributed by atoms with Crippen molar-refractivity contribution in [3.8, 4) is 39.9 Å². The summed E-state index contributed by atoms with van der Waals surface area (Å²) in [6.07, 6.45) is 1.54. The zero-order valence-corrected chi connectivity index (χ0v) is 23.2. The quantitative estimate of drug-likeness (QED) is 0.207. The number of carbonyl (C=O) groups is 1. The third-order valence-electron chi connectivity index (χ3n) is 6.36. The van der Waals surface area contributed by atoms with Crippen LogP contribution in [0.25, 0.3) is 22.0 Å². The zero-order valence-electron chi connectivity index (χ0n) is 23.2. The largest absolute Gasteiger partial charge is 0.493 e. The molecule has 0 spiro atoms. The average molecular weight is 573 g/mol. The fraction of sp³-hybridized carbons (Fsp3) is 0.161. The number of ether oxygens (including phenoxy) is 4. The van der Waals surface area contributed by atoms with E-state index in [0.717, 1.165) is 6.07 Å². The molecule has 0 aliphatic carbocycles. The summed E-state index contributed by atoms with van der Waals surface area (Å²) in [7, 11) is 3.03. The molecule has 2 aromatic heterocycles. The fourth-order valence-electron chi connectivity index (χ4n) is 4.40. The average Bonchev–Trinajstić information content (AvgIpc) is 2.99. The number of fused-ring (bicyclic) bond motifs is 1. The molecular formula is C31H26F2N4O5. The highest BCUT2D eigenvalue weighted by Gasteiger charge is 2.23. The van der Waals surface area contributed by atoms with Gasteiger partial charge in [0.05, 0.1) is 32.0 Å². The summed E-state index contributed by atoms with van der Waals surface area (Å²) >= 11 is 0. The smallest absolute Gasteiger partial charge is 0.280 e. The molecule has 0 fully saturated rings. The molecule has 3 aromatic carbocycles. The fourth-order valence-corrected chi connectivity index (χ4v) is 4.40. The second kappa shape index (κ2) is 12.0. The van der Waals surface area contributed by atoms with Crippen molar-refractivity contribution in [2.24, 2.45) is 0 Å². The number of amides is 1. The van der Waals surface area contributed by atoms with E-state index in [4.69, 9.17) is 18.9 Å². The lowest BCUT2D eigenvalue weighted by molar-refractivity contribution is 0.101. The third kappa shape index (κ3) is 5.62. The van der Waals surface area contributed by atoms with E-state index in [1.807, 2.05) is 0 Å². The molecule has 42 heavy (non-hydrogen) atoms. The van der Waals surface area contributed by atoms with Crippen LogP contribution in [0, 0.1) is 18.6 Å². The van der Waals surface area contributed by atoms with E-state index in [2.05, 4.69) is 20.5 Å². The predicted molar refractivity (Wildman–Crippen MR) is 153 cm³/mol. The number of anilines is 1. The van der Waals surface area contributed by atoms with Gasteiger partial charge in [0.15, 0.2) is 34.5 Å². The highest BCUT2D eigenvalue weighted by atomic mass is 19.1. The Balaban J connectivity index is 1.42. The number of nitrogens with zero attached hydrogens (tertiary/aromatic N) is 3. The van der Waals surface area contributed by atoms with Crippen LogP contribution in [-0.2, 0) is 0 Å². The molecule has 0 bridgehead atoms. The van der Waals surface area contributed by atoms with Gasteiger partial charge in [0.25, 0.3) is 5.91 Å². The van der Waals surface area contributed by atoms with Gasteiger partial charge >= 0.3 is 0 Å². The molecule has 1 amide bonds. The number of hydrogen-bond acceptors (Lipinski definition) is 8. The molecule has 0 aliphatic heterocycles. The van der Waals surface area contributed by atoms with E-state index >= 15 is 4.39 Å². The van der Waals surface area contributed by atoms with Crippen molar-refractivity contribution >= 4 is 22.5 Å². The first-order valence-electron chi connectivity index (χ1n) is 12.9. The van der Waals surface area contributed by atoms with Gasteiger partial charge in [-0.05, 0) is 55.8 Å². The van der Waals surface area contributed by atoms with Crippen LogP contribution in [0.5, 0.6) is 28.7 Å². The Hall–Kier alpha value is -5.32. The Bertz CT molecular complexity index is 1780. The first kappa shape index (κ1) is 28.2. The number of aryl methyl sites for hydroxylation is 1. The third-order valence-corrected chi connectivity index (χ3v) is 6.36. The summed E-state index contributed by atoms with van der Waals surface area (Å²) in [5.41, 5.74) is 2.23. The lowest BCUT2D eigenvalue weighted by Crippen LogP contribution is -2.18. The van der Waals surface area contributed by atoms with Crippen molar-refractivity contribution in [3.05, 3.63) is 89.9 Å². The number of aromatic nitrogens is 3. The number of pyridine rings is 1. The molecule has 11 heteroatoms. The zero-order chi connectivity index (χ0) is 29.8. The lowest BCUT2D eigenvalue weighted by Gasteiger charge is -2.16. The molecule has 0 saturated heterocycles. The standard InChI is InChI=1S/C31H26F2N4O5/c1-5-41-30-28(18-6-8-19(32)9-7-18)17(2)36-37-29(30)31(38)35-20-10-11-25(22(33)14-20)42-24-12-13-34-23-16-27(40-4)26(39-3)15-21(23)24/h6-16H,5H2,1-4H3,(H,35,38). The summed E-state index contributed by atoms with van der Waals surface area (Å²) in [6, 6.07) is 14.8. The van der Waals surface area contributed by atoms with Crippen molar-refractivity contribution < 1.29 is 32.5 Å². The van der Waals surface area contributed by atoms with Crippen molar-refractivity contribution in [2.45, 2.75) is 13.8 Å². The minimum atomic E-state index is -0.717. The summed E-state index contributed by atoms with van der Waals surface area (Å²) in [5.74, 6) is -0.354. The summed E-state index contributed by atoms with van der Waals surface area (Å²) < 4.78 is 51.1. The van der Waals surface area contributed by atoms with Gasteiger partial charge in [0, 0.05) is 35.0 Å². The van der Waals surface area contributed by atoms with E-state index in [-0.39, 0.29) is 29.5 Å². The number of benzene rings is 3. The van der Waals surface area contributed by atoms with Crippen LogP contribution in [-0.4, -0.2) is 41.9 Å². The van der Waals surface area contributed by atoms with E-state index < -0.39 is 17.5 Å². The van der Waals surface area contributed by atoms with Crippen molar-refractivity contribution in [1.82, 2.24) is 15.2 Å². The summed E-state index contributed by atoms with van der Waals surface area (Å²) in [6.45, 7) is 3.71. The van der Waals surface area contributed by atoms with E-state index in [9.17, 15) is 9.18 Å². The second-order valence-corrected chi connectivity index (χ2v) is 9.01. The maximum atomic E-state index is 15.2. The molecule has 1 N–H and O–H groups in total. The maximum absolute atomic E-state index is 15.2. The Labute approximate surface area is 240 Å². The highest BCUT2D eigenvalue weighted by Crippen LogP contribution is 2.38. The van der Waals surface area contributed by atoms with Gasteiger partial charge in [-0.25, -0.2) is 8.78 Å². The Morgan fingerprint density at radius 1 is 0.881 bits per heavy atom. The molecule has 0 unspecified atom stereocenters. The Morgan fingerprint density at radius 3 is 2.31 bits per heavy atom. The van der Waals surface area contributed by atoms with Gasteiger partial charge in [0.2, 0.25) is 0 Å². The van der Waals surface area contributed by atoms with Crippen LogP contribution in [0.3, 0.4) is 0 Å². The Morgan fingerprint density at radius 2 is 1.62 bits per heavy atom. The van der Waals surface area contributed by atoms with Crippen LogP contribution in [0.1, 0.15) is 23.1 Å². The van der Waals surface area contributed by atoms with Gasteiger partial charge in [-0.15, -0.1) is 5.10 Å². The van der Waals surface area contributed by atoms with Gasteiger partial charge in [-0.3, -0.25) is 9.78 Å². The molecule has 0 saturated carbocycles. The molecule has 9 nitrogen and oxygen atoms in total. The van der Waals surface area contributed by atoms with Crippen molar-refractivity contribution in [3.63, 3.8) is 0 Å².